The van der Waals surface area contributed by atoms with E-state index in [0.29, 0.717) is 16.7 Å². The lowest BCUT2D eigenvalue weighted by Crippen LogP contribution is -2.37. The maximum atomic E-state index is 12.5. The van der Waals surface area contributed by atoms with E-state index in [2.05, 4.69) is 9.97 Å². The molecule has 0 saturated heterocycles. The lowest BCUT2D eigenvalue weighted by Gasteiger charge is -2.10. The van der Waals surface area contributed by atoms with Gasteiger partial charge in [-0.2, -0.15) is 0 Å². The van der Waals surface area contributed by atoms with Gasteiger partial charge in [0, 0.05) is 27.6 Å². The Morgan fingerprint density at radius 1 is 1.00 bits per heavy atom. The van der Waals surface area contributed by atoms with Crippen LogP contribution in [0.1, 0.15) is 12.2 Å². The second kappa shape index (κ2) is 8.25. The van der Waals surface area contributed by atoms with Crippen LogP contribution in [0.4, 0.5) is 0 Å². The fourth-order valence-electron chi connectivity index (χ4n) is 3.60. The third-order valence-electron chi connectivity index (χ3n) is 5.44. The van der Waals surface area contributed by atoms with E-state index < -0.39 is 17.2 Å². The number of ether oxygens (including phenoxy) is 1. The third kappa shape index (κ3) is 3.61. The van der Waals surface area contributed by atoms with Crippen LogP contribution in [0.25, 0.3) is 22.1 Å². The Hall–Kier alpha value is -4.02. The monoisotopic (exact) mass is 438 g/mol. The lowest BCUT2D eigenvalue weighted by atomic mass is 10.2. The summed E-state index contributed by atoms with van der Waals surface area (Å²) in [6.45, 7) is 0.239. The zero-order valence-corrected chi connectivity index (χ0v) is 17.9. The summed E-state index contributed by atoms with van der Waals surface area (Å²) in [4.78, 5) is 57.7. The molecule has 0 N–H and O–H groups in total. The number of carbonyl (C=O) groups excluding carboxylic acids is 1. The second-order valence-corrected chi connectivity index (χ2v) is 7.45. The second-order valence-electron chi connectivity index (χ2n) is 7.45. The van der Waals surface area contributed by atoms with Crippen molar-refractivity contribution in [1.29, 1.82) is 0 Å². The molecule has 0 unspecified atom stereocenters. The Morgan fingerprint density at radius 2 is 1.75 bits per heavy atom. The minimum atomic E-state index is -0.463. The largest absolute Gasteiger partial charge is 0.464 e. The van der Waals surface area contributed by atoms with Crippen LogP contribution in [0.5, 0.6) is 0 Å². The van der Waals surface area contributed by atoms with Crippen molar-refractivity contribution < 1.29 is 9.53 Å². The number of aryl methyl sites for hydroxylation is 2. The SMILES string of the molecule is Cn1c(CCC(=O)OCCn2cnc3c2c(=O)n(C)c(=O)n3C)nc2ccccc2c1=O. The highest BCUT2D eigenvalue weighted by atomic mass is 16.5. The van der Waals surface area contributed by atoms with E-state index in [4.69, 9.17) is 4.74 Å². The number of fused-ring (bicyclic) bond motifs is 2. The molecular weight excluding hydrogens is 416 g/mol. The van der Waals surface area contributed by atoms with Gasteiger partial charge in [0.1, 0.15) is 12.4 Å². The van der Waals surface area contributed by atoms with Crippen LogP contribution in [0, 0.1) is 0 Å². The minimum Gasteiger partial charge on any atom is -0.464 e. The number of nitrogens with zero attached hydrogens (tertiary/aromatic N) is 6. The molecule has 0 saturated carbocycles. The Balaban J connectivity index is 1.41. The molecule has 0 bridgehead atoms. The van der Waals surface area contributed by atoms with Gasteiger partial charge in [-0.15, -0.1) is 0 Å². The van der Waals surface area contributed by atoms with E-state index in [1.165, 1.54) is 29.6 Å². The van der Waals surface area contributed by atoms with Gasteiger partial charge >= 0.3 is 11.7 Å². The third-order valence-corrected chi connectivity index (χ3v) is 5.44. The van der Waals surface area contributed by atoms with Crippen LogP contribution < -0.4 is 16.8 Å². The van der Waals surface area contributed by atoms with Crippen molar-refractivity contribution in [2.24, 2.45) is 21.1 Å². The molecule has 32 heavy (non-hydrogen) atoms. The average molecular weight is 438 g/mol. The number of aromatic nitrogens is 6. The Morgan fingerprint density at radius 3 is 2.53 bits per heavy atom. The predicted molar refractivity (Wildman–Crippen MR) is 116 cm³/mol. The Labute approximate surface area is 181 Å². The number of hydrogen-bond donors (Lipinski definition) is 0. The van der Waals surface area contributed by atoms with Gasteiger partial charge in [0.2, 0.25) is 0 Å². The smallest absolute Gasteiger partial charge is 0.332 e. The maximum Gasteiger partial charge on any atom is 0.332 e. The number of para-hydroxylation sites is 1. The van der Waals surface area contributed by atoms with Crippen LogP contribution in [0.3, 0.4) is 0 Å². The molecule has 11 heteroatoms. The number of benzene rings is 1. The molecule has 4 rings (SSSR count). The topological polar surface area (TPSA) is 123 Å². The van der Waals surface area contributed by atoms with Crippen LogP contribution in [-0.2, 0) is 43.6 Å². The van der Waals surface area contributed by atoms with Gasteiger partial charge in [0.05, 0.1) is 30.2 Å². The minimum absolute atomic E-state index is 0.0281. The molecular formula is C21H22N6O5. The van der Waals surface area contributed by atoms with Crippen molar-refractivity contribution in [3.05, 3.63) is 67.6 Å². The molecule has 0 amide bonds. The highest BCUT2D eigenvalue weighted by Crippen LogP contribution is 2.09. The molecule has 0 fully saturated rings. The average Bonchev–Trinajstić information content (AvgIpc) is 3.21. The van der Waals surface area contributed by atoms with Gasteiger partial charge in [0.15, 0.2) is 11.2 Å². The van der Waals surface area contributed by atoms with E-state index in [1.807, 2.05) is 0 Å². The van der Waals surface area contributed by atoms with Gasteiger partial charge < -0.3 is 9.30 Å². The number of hydrogen-bond acceptors (Lipinski definition) is 7. The zero-order valence-electron chi connectivity index (χ0n) is 17.9. The summed E-state index contributed by atoms with van der Waals surface area (Å²) in [6, 6.07) is 7.06. The maximum absolute atomic E-state index is 12.5. The molecule has 1 aromatic carbocycles. The van der Waals surface area contributed by atoms with Gasteiger partial charge in [-0.25, -0.2) is 14.8 Å². The summed E-state index contributed by atoms with van der Waals surface area (Å²) >= 11 is 0. The van der Waals surface area contributed by atoms with Crippen molar-refractivity contribution in [3.63, 3.8) is 0 Å². The van der Waals surface area contributed by atoms with E-state index in [0.717, 1.165) is 4.57 Å². The van der Waals surface area contributed by atoms with Gasteiger partial charge in [-0.3, -0.25) is 28.1 Å². The molecule has 0 aliphatic rings. The quantitative estimate of drug-likeness (QED) is 0.384. The molecule has 0 aliphatic heterocycles. The molecule has 4 aromatic rings. The normalized spacial score (nSPS) is 11.3. The predicted octanol–water partition coefficient (Wildman–Crippen LogP) is -0.143. The van der Waals surface area contributed by atoms with Crippen molar-refractivity contribution in [2.45, 2.75) is 19.4 Å². The van der Waals surface area contributed by atoms with Crippen molar-refractivity contribution in [2.75, 3.05) is 6.61 Å². The first-order valence-electron chi connectivity index (χ1n) is 10.0. The molecule has 0 radical (unpaired) electrons. The van der Waals surface area contributed by atoms with Gasteiger partial charge in [0.25, 0.3) is 11.1 Å². The Kier molecular flexibility index (Phi) is 5.47. The highest BCUT2D eigenvalue weighted by Gasteiger charge is 2.15. The van der Waals surface area contributed by atoms with E-state index in [9.17, 15) is 19.2 Å². The summed E-state index contributed by atoms with van der Waals surface area (Å²) in [7, 11) is 4.56. The van der Waals surface area contributed by atoms with Crippen molar-refractivity contribution in [3.8, 4) is 0 Å². The molecule has 3 heterocycles. The van der Waals surface area contributed by atoms with Crippen LogP contribution in [-0.4, -0.2) is 40.8 Å². The van der Waals surface area contributed by atoms with Crippen LogP contribution in [0.15, 0.2) is 45.0 Å². The Bertz CT molecular complexity index is 1520. The highest BCUT2D eigenvalue weighted by molar-refractivity contribution is 5.77. The summed E-state index contributed by atoms with van der Waals surface area (Å²) in [6.07, 6.45) is 1.75. The van der Waals surface area contributed by atoms with E-state index >= 15 is 0 Å². The standard InChI is InChI=1S/C21H22N6O5/c1-24-15(23-14-7-5-4-6-13(14)19(24)29)8-9-16(28)32-11-10-27-12-22-18-17(27)20(30)26(3)21(31)25(18)2/h4-7,12H,8-11H2,1-3H3. The first-order chi connectivity index (χ1) is 15.3. The molecule has 0 spiro atoms. The fraction of sp³-hybridized carbons (Fsp3) is 0.333. The molecule has 3 aromatic heterocycles. The summed E-state index contributed by atoms with van der Waals surface area (Å²) in [5.74, 6) is 0.0489. The van der Waals surface area contributed by atoms with E-state index in [-0.39, 0.29) is 42.7 Å². The first kappa shape index (κ1) is 21.2. The number of imidazole rings is 1. The van der Waals surface area contributed by atoms with Crippen molar-refractivity contribution >= 4 is 28.0 Å². The number of esters is 1. The van der Waals surface area contributed by atoms with E-state index in [1.54, 1.807) is 35.9 Å². The summed E-state index contributed by atoms with van der Waals surface area (Å²) < 4.78 is 10.6. The molecule has 11 nitrogen and oxygen atoms in total. The van der Waals surface area contributed by atoms with Crippen LogP contribution >= 0.6 is 0 Å². The molecule has 0 aliphatic carbocycles. The van der Waals surface area contributed by atoms with Gasteiger partial charge in [-0.1, -0.05) is 12.1 Å². The summed E-state index contributed by atoms with van der Waals surface area (Å²) in [5, 5.41) is 0.525. The fourth-order valence-corrected chi connectivity index (χ4v) is 3.60. The number of carbonyl (C=O) groups is 1. The lowest BCUT2D eigenvalue weighted by molar-refractivity contribution is -0.143. The number of rotatable bonds is 6. The molecule has 166 valence electrons. The van der Waals surface area contributed by atoms with Gasteiger partial charge in [-0.05, 0) is 12.1 Å². The zero-order chi connectivity index (χ0) is 23.0. The first-order valence-corrected chi connectivity index (χ1v) is 10.0. The molecule has 0 atom stereocenters. The van der Waals surface area contributed by atoms with Crippen LogP contribution in [0.2, 0.25) is 0 Å². The van der Waals surface area contributed by atoms with Crippen molar-refractivity contribution in [1.82, 2.24) is 28.2 Å². The summed E-state index contributed by atoms with van der Waals surface area (Å²) in [5.41, 5.74) is 0.0312.